The molecule has 2 atom stereocenters. The van der Waals surface area contributed by atoms with Crippen molar-refractivity contribution in [3.63, 3.8) is 0 Å². The Kier molecular flexibility index (Phi) is 10.3. The second-order valence-corrected chi connectivity index (χ2v) is 13.5. The van der Waals surface area contributed by atoms with Crippen molar-refractivity contribution in [3.05, 3.63) is 174 Å². The fourth-order valence-electron chi connectivity index (χ4n) is 7.30. The van der Waals surface area contributed by atoms with E-state index in [1.54, 1.807) is 0 Å². The molecule has 0 saturated heterocycles. The molecule has 2 heterocycles. The van der Waals surface area contributed by atoms with Gasteiger partial charge in [0.1, 0.15) is 18.5 Å². The van der Waals surface area contributed by atoms with Gasteiger partial charge in [-0.25, -0.2) is 9.78 Å². The minimum absolute atomic E-state index is 0.108. The number of alkyl carbamates (subject to hydrolysis) is 1. The Balaban J connectivity index is 1.01. The summed E-state index contributed by atoms with van der Waals surface area (Å²) in [6.07, 6.45) is 3.84. The second-order valence-electron chi connectivity index (χ2n) is 13.5. The van der Waals surface area contributed by atoms with Crippen LogP contribution in [0.3, 0.4) is 0 Å². The van der Waals surface area contributed by atoms with E-state index in [9.17, 15) is 9.59 Å². The molecule has 0 bridgehead atoms. The number of carbonyl (C=O) groups excluding carboxylic acids is 2. The molecule has 9 nitrogen and oxygen atoms in total. The molecule has 0 saturated carbocycles. The summed E-state index contributed by atoms with van der Waals surface area (Å²) in [5.41, 5.74) is 9.30. The summed E-state index contributed by atoms with van der Waals surface area (Å²) in [6.45, 7) is 0.761. The van der Waals surface area contributed by atoms with E-state index >= 15 is 0 Å². The van der Waals surface area contributed by atoms with Crippen molar-refractivity contribution in [1.29, 1.82) is 0 Å². The average molecular weight is 716 g/mol. The number of hydrogen-bond acceptors (Lipinski definition) is 5. The van der Waals surface area contributed by atoms with E-state index in [0.29, 0.717) is 18.9 Å². The number of aromatic nitrogens is 3. The van der Waals surface area contributed by atoms with Gasteiger partial charge in [0.2, 0.25) is 5.91 Å². The third-order valence-electron chi connectivity index (χ3n) is 10.0. The van der Waals surface area contributed by atoms with Crippen molar-refractivity contribution in [2.45, 2.75) is 37.5 Å². The SMILES string of the molecule is O=C(N[C@H](CCOCc1ccccc1)C(=O)N[C@H](Cc1c[nH]c2ccccc12)c1nc(-c2ccccc2)c[nH]1)OCC1c2ccccc2-c2ccccc21. The Bertz CT molecular complexity index is 2310. The Morgan fingerprint density at radius 2 is 1.39 bits per heavy atom. The predicted octanol–water partition coefficient (Wildman–Crippen LogP) is 8.47. The summed E-state index contributed by atoms with van der Waals surface area (Å²) < 4.78 is 11.9. The summed E-state index contributed by atoms with van der Waals surface area (Å²) in [7, 11) is 0. The lowest BCUT2D eigenvalue weighted by Gasteiger charge is -2.23. The minimum Gasteiger partial charge on any atom is -0.449 e. The lowest BCUT2D eigenvalue weighted by molar-refractivity contribution is -0.124. The standard InChI is InChI=1S/C45H41N5O4/c51-44(49-41(25-32-26-46-39-22-12-11-17-33(32)39)43-47-27-42(48-43)31-15-5-2-6-16-31)40(23-24-53-28-30-13-3-1-4-14-30)50-45(52)54-29-38-36-20-9-7-18-34(36)35-19-8-10-21-37(35)38/h1-22,26-27,38,40-41,46H,23-25,28-29H2,(H,47,48)(H,49,51)(H,50,52)/t40-,41-/m1/s1. The number of aromatic amines is 2. The number of benzene rings is 5. The first-order valence-electron chi connectivity index (χ1n) is 18.3. The van der Waals surface area contributed by atoms with Crippen LogP contribution in [-0.2, 0) is 27.3 Å². The van der Waals surface area contributed by atoms with Crippen LogP contribution in [0.25, 0.3) is 33.3 Å². The van der Waals surface area contributed by atoms with Gasteiger partial charge in [0.05, 0.1) is 18.3 Å². The first-order valence-corrected chi connectivity index (χ1v) is 18.3. The quantitative estimate of drug-likeness (QED) is 0.0843. The number of nitrogens with zero attached hydrogens (tertiary/aromatic N) is 1. The predicted molar refractivity (Wildman–Crippen MR) is 210 cm³/mol. The summed E-state index contributed by atoms with van der Waals surface area (Å²) in [6, 6.07) is 42.7. The number of fused-ring (bicyclic) bond motifs is 4. The number of para-hydroxylation sites is 1. The Hall–Kier alpha value is -6.45. The minimum atomic E-state index is -0.939. The highest BCUT2D eigenvalue weighted by Crippen LogP contribution is 2.44. The molecule has 0 unspecified atom stereocenters. The topological polar surface area (TPSA) is 121 Å². The molecule has 270 valence electrons. The monoisotopic (exact) mass is 715 g/mol. The molecule has 1 aliphatic rings. The lowest BCUT2D eigenvalue weighted by atomic mass is 9.98. The highest BCUT2D eigenvalue weighted by Gasteiger charge is 2.31. The van der Waals surface area contributed by atoms with Crippen molar-refractivity contribution in [1.82, 2.24) is 25.6 Å². The molecule has 0 fully saturated rings. The van der Waals surface area contributed by atoms with Crippen molar-refractivity contribution in [3.8, 4) is 22.4 Å². The molecule has 8 rings (SSSR count). The molecule has 5 aromatic carbocycles. The van der Waals surface area contributed by atoms with Crippen molar-refractivity contribution >= 4 is 22.9 Å². The molecule has 0 aliphatic heterocycles. The van der Waals surface area contributed by atoms with Crippen molar-refractivity contribution in [2.75, 3.05) is 13.2 Å². The van der Waals surface area contributed by atoms with E-state index in [0.717, 1.165) is 55.5 Å². The van der Waals surface area contributed by atoms with Crippen molar-refractivity contribution in [2.24, 2.45) is 0 Å². The Labute approximate surface area is 313 Å². The van der Waals surface area contributed by atoms with Gasteiger partial charge in [-0.3, -0.25) is 4.79 Å². The Morgan fingerprint density at radius 3 is 2.15 bits per heavy atom. The molecule has 2 amide bonds. The van der Waals surface area contributed by atoms with Crippen LogP contribution in [0.15, 0.2) is 146 Å². The molecule has 0 spiro atoms. The first-order chi connectivity index (χ1) is 26.6. The van der Waals surface area contributed by atoms with E-state index in [2.05, 4.69) is 50.9 Å². The number of hydrogen-bond donors (Lipinski definition) is 4. The molecule has 0 radical (unpaired) electrons. The molecule has 1 aliphatic carbocycles. The maximum absolute atomic E-state index is 14.3. The van der Waals surface area contributed by atoms with E-state index in [1.165, 1.54) is 0 Å². The fourth-order valence-corrected chi connectivity index (χ4v) is 7.30. The van der Waals surface area contributed by atoms with E-state index in [1.807, 2.05) is 116 Å². The second kappa shape index (κ2) is 16.1. The lowest BCUT2D eigenvalue weighted by Crippen LogP contribution is -2.49. The molecule has 9 heteroatoms. The van der Waals surface area contributed by atoms with Gasteiger partial charge in [0.25, 0.3) is 0 Å². The van der Waals surface area contributed by atoms with Gasteiger partial charge in [-0.05, 0) is 39.4 Å². The smallest absolute Gasteiger partial charge is 0.407 e. The van der Waals surface area contributed by atoms with Crippen LogP contribution in [-0.4, -0.2) is 46.2 Å². The number of amides is 2. The van der Waals surface area contributed by atoms with Crippen LogP contribution >= 0.6 is 0 Å². The maximum atomic E-state index is 14.3. The van der Waals surface area contributed by atoms with Gasteiger partial charge in [-0.2, -0.15) is 0 Å². The summed E-state index contributed by atoms with van der Waals surface area (Å²) >= 11 is 0. The first kappa shape index (κ1) is 34.6. The van der Waals surface area contributed by atoms with Gasteiger partial charge in [-0.15, -0.1) is 0 Å². The summed E-state index contributed by atoms with van der Waals surface area (Å²) in [5.74, 6) is 0.130. The molecular formula is C45H41N5O4. The zero-order valence-corrected chi connectivity index (χ0v) is 29.7. The summed E-state index contributed by atoms with van der Waals surface area (Å²) in [5, 5.41) is 7.15. The van der Waals surface area contributed by atoms with Gasteiger partial charge >= 0.3 is 6.09 Å². The fraction of sp³-hybridized carbons (Fsp3) is 0.178. The van der Waals surface area contributed by atoms with Gasteiger partial charge in [-0.1, -0.05) is 127 Å². The van der Waals surface area contributed by atoms with Crippen LogP contribution in [0.5, 0.6) is 0 Å². The number of nitrogens with one attached hydrogen (secondary N) is 4. The highest BCUT2D eigenvalue weighted by molar-refractivity contribution is 5.87. The van der Waals surface area contributed by atoms with Crippen LogP contribution in [0.4, 0.5) is 4.79 Å². The molecule has 2 aromatic heterocycles. The normalized spacial score (nSPS) is 13.2. The number of imidazole rings is 1. The number of carbonyl (C=O) groups is 2. The van der Waals surface area contributed by atoms with E-state index in [4.69, 9.17) is 14.5 Å². The van der Waals surface area contributed by atoms with Crippen LogP contribution in [0.1, 0.15) is 46.5 Å². The zero-order chi connectivity index (χ0) is 36.7. The number of ether oxygens (including phenoxy) is 2. The van der Waals surface area contributed by atoms with Gasteiger partial charge < -0.3 is 30.1 Å². The maximum Gasteiger partial charge on any atom is 0.407 e. The molecule has 54 heavy (non-hydrogen) atoms. The number of rotatable bonds is 14. The Morgan fingerprint density at radius 1 is 0.722 bits per heavy atom. The van der Waals surface area contributed by atoms with Crippen molar-refractivity contribution < 1.29 is 19.1 Å². The zero-order valence-electron chi connectivity index (χ0n) is 29.7. The third kappa shape index (κ3) is 7.67. The van der Waals surface area contributed by atoms with Crippen LogP contribution in [0, 0.1) is 0 Å². The molecule has 7 aromatic rings. The molecule has 4 N–H and O–H groups in total. The van der Waals surface area contributed by atoms with E-state index < -0.39 is 18.2 Å². The average Bonchev–Trinajstić information content (AvgIpc) is 3.95. The third-order valence-corrected chi connectivity index (χ3v) is 10.0. The number of H-pyrrole nitrogens is 2. The largest absolute Gasteiger partial charge is 0.449 e. The van der Waals surface area contributed by atoms with Gasteiger partial charge in [0, 0.05) is 54.2 Å². The summed E-state index contributed by atoms with van der Waals surface area (Å²) in [4.78, 5) is 39.4. The molecular weight excluding hydrogens is 675 g/mol. The highest BCUT2D eigenvalue weighted by atomic mass is 16.5. The van der Waals surface area contributed by atoms with Crippen LogP contribution in [0.2, 0.25) is 0 Å². The van der Waals surface area contributed by atoms with Crippen LogP contribution < -0.4 is 10.6 Å². The van der Waals surface area contributed by atoms with E-state index in [-0.39, 0.29) is 31.5 Å². The van der Waals surface area contributed by atoms with Gasteiger partial charge in [0.15, 0.2) is 0 Å².